The Morgan fingerprint density at radius 3 is 2.53 bits per heavy atom. The van der Waals surface area contributed by atoms with Gasteiger partial charge in [0.25, 0.3) is 0 Å². The van der Waals surface area contributed by atoms with Crippen LogP contribution >= 0.6 is 0 Å². The molecule has 1 aliphatic carbocycles. The number of allylic oxidation sites excluding steroid dienone is 1. The second-order valence-corrected chi connectivity index (χ2v) is 5.78. The highest BCUT2D eigenvalue weighted by Crippen LogP contribution is 2.24. The van der Waals surface area contributed by atoms with Crippen LogP contribution in [0.2, 0.25) is 0 Å². The summed E-state index contributed by atoms with van der Waals surface area (Å²) in [6, 6.07) is 0. The van der Waals surface area contributed by atoms with Crippen LogP contribution in [-0.2, 0) is 24.1 Å². The lowest BCUT2D eigenvalue weighted by molar-refractivity contribution is -0.208. The van der Waals surface area contributed by atoms with Crippen LogP contribution in [0.1, 0.15) is 39.0 Å². The molecule has 1 saturated carbocycles. The normalized spacial score (nSPS) is 18.4. The summed E-state index contributed by atoms with van der Waals surface area (Å²) in [4.78, 5) is 14.4. The lowest BCUT2D eigenvalue weighted by Crippen LogP contribution is -2.12. The molecule has 0 radical (unpaired) electrons. The summed E-state index contributed by atoms with van der Waals surface area (Å²) in [5.41, 5.74) is 0. The third-order valence-electron chi connectivity index (χ3n) is 2.61. The molecule has 0 aliphatic heterocycles. The molecule has 0 heterocycles. The fourth-order valence-electron chi connectivity index (χ4n) is 1.82. The van der Waals surface area contributed by atoms with Crippen molar-refractivity contribution in [3.05, 3.63) is 12.2 Å². The molecule has 0 amide bonds. The van der Waals surface area contributed by atoms with Gasteiger partial charge in [0.2, 0.25) is 0 Å². The maximum atomic E-state index is 11.2. The van der Waals surface area contributed by atoms with Crippen molar-refractivity contribution in [3.8, 4) is 0 Å². The smallest absolute Gasteiger partial charge is 0.282 e. The molecule has 0 aromatic carbocycles. The molecule has 0 unspecified atom stereocenters. The monoisotopic (exact) mass is 262 g/mol. The van der Waals surface area contributed by atoms with Crippen LogP contribution in [-0.4, -0.2) is 20.1 Å². The second kappa shape index (κ2) is 6.76. The third kappa shape index (κ3) is 6.43. The van der Waals surface area contributed by atoms with Crippen molar-refractivity contribution in [3.63, 3.8) is 0 Å². The Hall–Kier alpha value is -0.880. The maximum absolute atomic E-state index is 11.2. The Kier molecular flexibility index (Phi) is 5.64. The molecule has 0 atom stereocenters. The first kappa shape index (κ1) is 14.2. The molecule has 5 nitrogen and oxygen atoms in total. The minimum atomic E-state index is -3.81. The summed E-state index contributed by atoms with van der Waals surface area (Å²) in [6.07, 6.45) is 9.36. The lowest BCUT2D eigenvalue weighted by atomic mass is 9.89. The minimum absolute atomic E-state index is 0.267. The molecule has 17 heavy (non-hydrogen) atoms. The van der Waals surface area contributed by atoms with E-state index in [9.17, 15) is 13.2 Å². The summed E-state index contributed by atoms with van der Waals surface area (Å²) in [5.74, 6) is -0.589. The molecule has 0 saturated heterocycles. The molecular weight excluding hydrogens is 244 g/mol. The van der Waals surface area contributed by atoms with Crippen LogP contribution in [0.3, 0.4) is 0 Å². The summed E-state index contributed by atoms with van der Waals surface area (Å²) < 4.78 is 26.5. The van der Waals surface area contributed by atoms with Crippen LogP contribution in [0.25, 0.3) is 0 Å². The van der Waals surface area contributed by atoms with Crippen LogP contribution in [0, 0.1) is 5.92 Å². The molecule has 0 aromatic rings. The van der Waals surface area contributed by atoms with Gasteiger partial charge in [-0.3, -0.25) is 4.89 Å². The van der Waals surface area contributed by atoms with Crippen LogP contribution < -0.4 is 0 Å². The molecule has 0 bridgehead atoms. The van der Waals surface area contributed by atoms with Gasteiger partial charge < -0.3 is 0 Å². The molecule has 0 aromatic heterocycles. The fourth-order valence-corrected chi connectivity index (χ4v) is 2.42. The summed E-state index contributed by atoms with van der Waals surface area (Å²) in [6.45, 7) is 1.08. The summed E-state index contributed by atoms with van der Waals surface area (Å²) in [5, 5.41) is 0. The van der Waals surface area contributed by atoms with Crippen molar-refractivity contribution < 1.29 is 22.4 Å². The van der Waals surface area contributed by atoms with E-state index in [1.807, 2.05) is 6.08 Å². The zero-order valence-electron chi connectivity index (χ0n) is 9.92. The second-order valence-electron chi connectivity index (χ2n) is 4.19. The van der Waals surface area contributed by atoms with Crippen molar-refractivity contribution in [2.45, 2.75) is 39.0 Å². The summed E-state index contributed by atoms with van der Waals surface area (Å²) in [7, 11) is -3.81. The van der Waals surface area contributed by atoms with Crippen LogP contribution in [0.15, 0.2) is 12.2 Å². The Labute approximate surface area is 102 Å². The van der Waals surface area contributed by atoms with Gasteiger partial charge in [-0.1, -0.05) is 35.7 Å². The van der Waals surface area contributed by atoms with Crippen molar-refractivity contribution in [1.29, 1.82) is 0 Å². The third-order valence-corrected chi connectivity index (χ3v) is 3.49. The van der Waals surface area contributed by atoms with E-state index in [4.69, 9.17) is 0 Å². The van der Waals surface area contributed by atoms with E-state index in [0.717, 1.165) is 19.8 Å². The average Bonchev–Trinajstić information content (AvgIpc) is 2.28. The van der Waals surface area contributed by atoms with Crippen molar-refractivity contribution >= 4 is 16.1 Å². The van der Waals surface area contributed by atoms with Gasteiger partial charge in [-0.2, -0.15) is 8.42 Å². The molecule has 0 spiro atoms. The molecule has 1 aliphatic rings. The van der Waals surface area contributed by atoms with Gasteiger partial charge in [-0.05, 0) is 18.8 Å². The van der Waals surface area contributed by atoms with Gasteiger partial charge >= 0.3 is 16.1 Å². The SMILES string of the molecule is CC(=O)OOS(=O)(=O)CC=CC1CCCCC1. The first-order valence-electron chi connectivity index (χ1n) is 5.76. The fraction of sp³-hybridized carbons (Fsp3) is 0.727. The largest absolute Gasteiger partial charge is 0.340 e. The highest BCUT2D eigenvalue weighted by atomic mass is 32.2. The zero-order chi connectivity index (χ0) is 12.7. The average molecular weight is 262 g/mol. The first-order valence-corrected chi connectivity index (χ1v) is 7.33. The number of hydrogen-bond acceptors (Lipinski definition) is 5. The Bertz CT molecular complexity index is 365. The van der Waals surface area contributed by atoms with Crippen molar-refractivity contribution in [2.75, 3.05) is 5.75 Å². The molecule has 6 heteroatoms. The molecular formula is C11H18O5S. The van der Waals surface area contributed by atoms with E-state index < -0.39 is 16.1 Å². The molecule has 1 rings (SSSR count). The van der Waals surface area contributed by atoms with Gasteiger partial charge in [-0.25, -0.2) is 4.79 Å². The van der Waals surface area contributed by atoms with Crippen LogP contribution in [0.5, 0.6) is 0 Å². The van der Waals surface area contributed by atoms with E-state index in [1.54, 1.807) is 6.08 Å². The maximum Gasteiger partial charge on any atom is 0.340 e. The van der Waals surface area contributed by atoms with E-state index in [1.165, 1.54) is 19.3 Å². The van der Waals surface area contributed by atoms with E-state index in [-0.39, 0.29) is 5.75 Å². The zero-order valence-corrected chi connectivity index (χ0v) is 10.7. The number of rotatable bonds is 5. The number of carbonyl (C=O) groups is 1. The Balaban J connectivity index is 2.32. The minimum Gasteiger partial charge on any atom is -0.282 e. The van der Waals surface area contributed by atoms with Crippen LogP contribution in [0.4, 0.5) is 0 Å². The van der Waals surface area contributed by atoms with Gasteiger partial charge in [0, 0.05) is 6.92 Å². The van der Waals surface area contributed by atoms with Gasteiger partial charge in [-0.15, -0.1) is 0 Å². The van der Waals surface area contributed by atoms with E-state index in [2.05, 4.69) is 9.22 Å². The van der Waals surface area contributed by atoms with Gasteiger partial charge in [0.05, 0.1) is 5.75 Å². The highest BCUT2D eigenvalue weighted by Gasteiger charge is 2.14. The number of carbonyl (C=O) groups excluding carboxylic acids is 1. The molecule has 0 N–H and O–H groups in total. The highest BCUT2D eigenvalue weighted by molar-refractivity contribution is 7.86. The molecule has 98 valence electrons. The van der Waals surface area contributed by atoms with E-state index in [0.29, 0.717) is 5.92 Å². The predicted molar refractivity (Wildman–Crippen MR) is 62.4 cm³/mol. The number of hydrogen-bond donors (Lipinski definition) is 0. The van der Waals surface area contributed by atoms with Gasteiger partial charge in [0.15, 0.2) is 0 Å². The van der Waals surface area contributed by atoms with Crippen molar-refractivity contribution in [1.82, 2.24) is 0 Å². The first-order chi connectivity index (χ1) is 7.99. The van der Waals surface area contributed by atoms with Crippen molar-refractivity contribution in [2.24, 2.45) is 5.92 Å². The summed E-state index contributed by atoms with van der Waals surface area (Å²) >= 11 is 0. The molecule has 1 fully saturated rings. The quantitative estimate of drug-likeness (QED) is 0.430. The Morgan fingerprint density at radius 1 is 1.29 bits per heavy atom. The topological polar surface area (TPSA) is 69.7 Å². The lowest BCUT2D eigenvalue weighted by Gasteiger charge is -2.17. The Morgan fingerprint density at radius 2 is 1.94 bits per heavy atom. The predicted octanol–water partition coefficient (Wildman–Crippen LogP) is 1.95. The van der Waals surface area contributed by atoms with E-state index >= 15 is 0 Å². The standard InChI is InChI=1S/C11H18O5S/c1-10(12)15-16-17(13,14)9-5-8-11-6-3-2-4-7-11/h5,8,11H,2-4,6-7,9H2,1H3. The van der Waals surface area contributed by atoms with Gasteiger partial charge in [0.1, 0.15) is 0 Å².